The third-order valence-corrected chi connectivity index (χ3v) is 4.98. The number of aromatic nitrogens is 2. The van der Waals surface area contributed by atoms with Gasteiger partial charge >= 0.3 is 0 Å². The second-order valence-corrected chi connectivity index (χ2v) is 7.00. The molecule has 2 rings (SSSR count). The Hall–Kier alpha value is -0.650. The summed E-state index contributed by atoms with van der Waals surface area (Å²) in [5, 5.41) is 4.68. The molecular formula is C16H21Br2N3. The summed E-state index contributed by atoms with van der Waals surface area (Å²) in [6, 6.07) is 8.57. The molecule has 3 nitrogen and oxygen atoms in total. The Balaban J connectivity index is 2.12. The molecule has 1 aromatic carbocycles. The molecule has 1 aromatic heterocycles. The first-order chi connectivity index (χ1) is 10.0. The smallest absolute Gasteiger partial charge is 0.0643 e. The minimum absolute atomic E-state index is 0.0677. The Morgan fingerprint density at radius 3 is 2.57 bits per heavy atom. The zero-order valence-corrected chi connectivity index (χ0v) is 15.6. The highest BCUT2D eigenvalue weighted by Crippen LogP contribution is 2.27. The lowest BCUT2D eigenvalue weighted by Crippen LogP contribution is -2.15. The third-order valence-electron chi connectivity index (χ3n) is 3.77. The predicted octanol–water partition coefficient (Wildman–Crippen LogP) is 5.01. The van der Waals surface area contributed by atoms with E-state index in [1.165, 1.54) is 0 Å². The molecule has 21 heavy (non-hydrogen) atoms. The molecule has 0 saturated carbocycles. The van der Waals surface area contributed by atoms with Crippen LogP contribution in [0.2, 0.25) is 0 Å². The van der Waals surface area contributed by atoms with Crippen molar-refractivity contribution < 1.29 is 0 Å². The van der Waals surface area contributed by atoms with Crippen LogP contribution < -0.4 is 5.73 Å². The average molecular weight is 415 g/mol. The number of nitrogens with two attached hydrogens (primary N) is 1. The maximum Gasteiger partial charge on any atom is 0.0643 e. The molecule has 5 heteroatoms. The van der Waals surface area contributed by atoms with Crippen LogP contribution in [0.3, 0.4) is 0 Å². The normalized spacial score (nSPS) is 12.9. The highest BCUT2D eigenvalue weighted by molar-refractivity contribution is 9.11. The lowest BCUT2D eigenvalue weighted by Gasteiger charge is -2.14. The van der Waals surface area contributed by atoms with Gasteiger partial charge in [-0.05, 0) is 42.7 Å². The van der Waals surface area contributed by atoms with E-state index in [1.807, 2.05) is 12.1 Å². The number of hydrogen-bond donors (Lipinski definition) is 1. The fourth-order valence-electron chi connectivity index (χ4n) is 2.49. The Morgan fingerprint density at radius 2 is 1.90 bits per heavy atom. The van der Waals surface area contributed by atoms with Gasteiger partial charge in [-0.1, -0.05) is 45.7 Å². The number of benzene rings is 1. The first-order valence-corrected chi connectivity index (χ1v) is 8.88. The van der Waals surface area contributed by atoms with E-state index in [0.717, 1.165) is 39.5 Å². The molecule has 0 saturated heterocycles. The minimum Gasteiger partial charge on any atom is -0.324 e. The Kier molecular flexibility index (Phi) is 6.02. The van der Waals surface area contributed by atoms with Crippen LogP contribution in [0.5, 0.6) is 0 Å². The number of nitrogens with zero attached hydrogens (tertiary/aromatic N) is 2. The lowest BCUT2D eigenvalue weighted by atomic mass is 10.0. The van der Waals surface area contributed by atoms with Crippen LogP contribution in [0.15, 0.2) is 39.4 Å². The molecule has 0 bridgehead atoms. The standard InChI is InChI=1S/C16H21Br2N3/c1-3-13(4-2)21-8-7-12(20-21)10-16(19)14-9-11(17)5-6-15(14)18/h5-9,13,16H,3-4,10,19H2,1-2H3. The molecule has 1 atom stereocenters. The van der Waals surface area contributed by atoms with Gasteiger partial charge in [0.1, 0.15) is 0 Å². The summed E-state index contributed by atoms with van der Waals surface area (Å²) in [5.41, 5.74) is 8.49. The SMILES string of the molecule is CCC(CC)n1ccc(CC(N)c2cc(Br)ccc2Br)n1. The highest BCUT2D eigenvalue weighted by Gasteiger charge is 2.14. The van der Waals surface area contributed by atoms with E-state index in [1.54, 1.807) is 0 Å². The van der Waals surface area contributed by atoms with E-state index in [-0.39, 0.29) is 6.04 Å². The molecule has 2 aromatic rings. The third kappa shape index (κ3) is 4.18. The van der Waals surface area contributed by atoms with E-state index in [9.17, 15) is 0 Å². The van der Waals surface area contributed by atoms with Crippen molar-refractivity contribution in [2.75, 3.05) is 0 Å². The molecule has 0 radical (unpaired) electrons. The van der Waals surface area contributed by atoms with E-state index >= 15 is 0 Å². The monoisotopic (exact) mass is 413 g/mol. The van der Waals surface area contributed by atoms with Crippen LogP contribution in [0, 0.1) is 0 Å². The van der Waals surface area contributed by atoms with Crippen molar-refractivity contribution in [2.24, 2.45) is 5.73 Å². The summed E-state index contributed by atoms with van der Waals surface area (Å²) in [6.07, 6.45) is 5.00. The van der Waals surface area contributed by atoms with E-state index in [0.29, 0.717) is 6.04 Å². The van der Waals surface area contributed by atoms with Gasteiger partial charge in [0.25, 0.3) is 0 Å². The minimum atomic E-state index is -0.0677. The van der Waals surface area contributed by atoms with E-state index in [2.05, 4.69) is 73.8 Å². The zero-order chi connectivity index (χ0) is 15.4. The van der Waals surface area contributed by atoms with Gasteiger partial charge in [-0.3, -0.25) is 4.68 Å². The molecule has 1 unspecified atom stereocenters. The number of rotatable bonds is 6. The first kappa shape index (κ1) is 16.7. The second-order valence-electron chi connectivity index (χ2n) is 5.23. The van der Waals surface area contributed by atoms with Gasteiger partial charge in [-0.15, -0.1) is 0 Å². The summed E-state index contributed by atoms with van der Waals surface area (Å²) in [7, 11) is 0. The van der Waals surface area contributed by atoms with Crippen molar-refractivity contribution in [2.45, 2.75) is 45.2 Å². The van der Waals surface area contributed by atoms with Gasteiger partial charge in [0, 0.05) is 27.6 Å². The molecule has 0 aliphatic heterocycles. The number of halogens is 2. The molecule has 114 valence electrons. The van der Waals surface area contributed by atoms with Gasteiger partial charge in [-0.25, -0.2) is 0 Å². The van der Waals surface area contributed by atoms with Gasteiger partial charge in [0.05, 0.1) is 11.7 Å². The van der Waals surface area contributed by atoms with Crippen LogP contribution in [0.1, 0.15) is 50.0 Å². The van der Waals surface area contributed by atoms with Crippen molar-refractivity contribution in [1.29, 1.82) is 0 Å². The fourth-order valence-corrected chi connectivity index (χ4v) is 3.41. The molecule has 0 fully saturated rings. The maximum absolute atomic E-state index is 6.35. The van der Waals surface area contributed by atoms with Crippen LogP contribution in [0.4, 0.5) is 0 Å². The maximum atomic E-state index is 6.35. The molecule has 1 heterocycles. The Morgan fingerprint density at radius 1 is 1.19 bits per heavy atom. The summed E-state index contributed by atoms with van der Waals surface area (Å²) in [6.45, 7) is 4.39. The van der Waals surface area contributed by atoms with Gasteiger partial charge in [0.15, 0.2) is 0 Å². The zero-order valence-electron chi connectivity index (χ0n) is 12.4. The topological polar surface area (TPSA) is 43.8 Å². The van der Waals surface area contributed by atoms with E-state index < -0.39 is 0 Å². The van der Waals surface area contributed by atoms with Gasteiger partial charge in [-0.2, -0.15) is 5.10 Å². The van der Waals surface area contributed by atoms with Crippen molar-refractivity contribution in [3.05, 3.63) is 50.7 Å². The highest BCUT2D eigenvalue weighted by atomic mass is 79.9. The molecule has 2 N–H and O–H groups in total. The summed E-state index contributed by atoms with van der Waals surface area (Å²) < 4.78 is 4.15. The molecular weight excluding hydrogens is 394 g/mol. The summed E-state index contributed by atoms with van der Waals surface area (Å²) in [5.74, 6) is 0. The van der Waals surface area contributed by atoms with Crippen LogP contribution >= 0.6 is 31.9 Å². The van der Waals surface area contributed by atoms with Crippen LogP contribution in [-0.4, -0.2) is 9.78 Å². The first-order valence-electron chi connectivity index (χ1n) is 7.29. The molecule has 0 spiro atoms. The number of hydrogen-bond acceptors (Lipinski definition) is 2. The Bertz CT molecular complexity index is 591. The van der Waals surface area contributed by atoms with Crippen molar-refractivity contribution in [3.8, 4) is 0 Å². The molecule has 0 aliphatic carbocycles. The fraction of sp³-hybridized carbons (Fsp3) is 0.438. The average Bonchev–Trinajstić information content (AvgIpc) is 2.91. The van der Waals surface area contributed by atoms with Gasteiger partial charge < -0.3 is 5.73 Å². The predicted molar refractivity (Wildman–Crippen MR) is 94.3 cm³/mol. The van der Waals surface area contributed by atoms with Crippen molar-refractivity contribution in [3.63, 3.8) is 0 Å². The van der Waals surface area contributed by atoms with Crippen LogP contribution in [0.25, 0.3) is 0 Å². The second kappa shape index (κ2) is 7.56. The lowest BCUT2D eigenvalue weighted by molar-refractivity contribution is 0.424. The largest absolute Gasteiger partial charge is 0.324 e. The molecule has 0 amide bonds. The van der Waals surface area contributed by atoms with Crippen molar-refractivity contribution in [1.82, 2.24) is 9.78 Å². The summed E-state index contributed by atoms with van der Waals surface area (Å²) >= 11 is 7.06. The van der Waals surface area contributed by atoms with Crippen LogP contribution in [-0.2, 0) is 6.42 Å². The molecule has 0 aliphatic rings. The Labute approximate surface area is 143 Å². The van der Waals surface area contributed by atoms with E-state index in [4.69, 9.17) is 5.73 Å². The van der Waals surface area contributed by atoms with Gasteiger partial charge in [0.2, 0.25) is 0 Å². The quantitative estimate of drug-likeness (QED) is 0.721. The summed E-state index contributed by atoms with van der Waals surface area (Å²) in [4.78, 5) is 0. The van der Waals surface area contributed by atoms with Crippen molar-refractivity contribution >= 4 is 31.9 Å².